The molecule has 0 spiro atoms. The zero-order valence-electron chi connectivity index (χ0n) is 20.9. The van der Waals surface area contributed by atoms with E-state index in [-0.39, 0.29) is 35.3 Å². The van der Waals surface area contributed by atoms with E-state index in [0.717, 1.165) is 16.8 Å². The number of furan rings is 1. The summed E-state index contributed by atoms with van der Waals surface area (Å²) in [4.78, 5) is 41.5. The summed E-state index contributed by atoms with van der Waals surface area (Å²) in [6.45, 7) is 5.47. The van der Waals surface area contributed by atoms with E-state index in [2.05, 4.69) is 20.9 Å². The van der Waals surface area contributed by atoms with Crippen molar-refractivity contribution in [2.24, 2.45) is 0 Å². The molecule has 2 aromatic carbocycles. The van der Waals surface area contributed by atoms with Crippen LogP contribution in [0.1, 0.15) is 62.0 Å². The number of fused-ring (bicyclic) bond motifs is 1. The summed E-state index contributed by atoms with van der Waals surface area (Å²) in [5.74, 6) is -1.16. The number of aromatic amines is 1. The summed E-state index contributed by atoms with van der Waals surface area (Å²) < 4.78 is 18.4. The van der Waals surface area contributed by atoms with Crippen molar-refractivity contribution in [2.45, 2.75) is 26.8 Å². The highest BCUT2D eigenvalue weighted by atomic mass is 19.1. The Hall–Kier alpha value is -4.92. The van der Waals surface area contributed by atoms with Crippen LogP contribution in [0.15, 0.2) is 65.3 Å². The third kappa shape index (κ3) is 4.73. The van der Waals surface area contributed by atoms with E-state index in [1.807, 2.05) is 20.8 Å². The molecule has 5 rings (SSSR count). The average molecular weight is 513 g/mol. The van der Waals surface area contributed by atoms with Crippen LogP contribution in [0.25, 0.3) is 11.6 Å². The van der Waals surface area contributed by atoms with E-state index in [9.17, 15) is 18.8 Å². The van der Waals surface area contributed by atoms with Gasteiger partial charge in [-0.3, -0.25) is 14.4 Å². The standard InChI is InChI=1S/C29H25FN4O4/c1-15-24(31-17(3)26(15)34-29(37)25-5-4-12-38-25)14-22-21-13-19(8-11-23(21)33-28(22)36)27(35)32-16(2)18-6-9-20(30)10-7-18/h4-14,16,31H,1-3H3,(H,32,35)(H,33,36)(H,34,37)/b22-14-/t16-/m1/s1. The maximum atomic E-state index is 13.2. The van der Waals surface area contributed by atoms with E-state index in [4.69, 9.17) is 4.42 Å². The second-order valence-corrected chi connectivity index (χ2v) is 9.11. The van der Waals surface area contributed by atoms with Crippen LogP contribution in [0.2, 0.25) is 0 Å². The third-order valence-corrected chi connectivity index (χ3v) is 6.53. The Morgan fingerprint density at radius 1 is 1.05 bits per heavy atom. The number of rotatable bonds is 6. The Morgan fingerprint density at radius 2 is 1.82 bits per heavy atom. The number of carbonyl (C=O) groups excluding carboxylic acids is 3. The highest BCUT2D eigenvalue weighted by Crippen LogP contribution is 2.35. The van der Waals surface area contributed by atoms with Crippen molar-refractivity contribution in [1.82, 2.24) is 10.3 Å². The summed E-state index contributed by atoms with van der Waals surface area (Å²) in [5.41, 5.74) is 5.43. The largest absolute Gasteiger partial charge is 0.459 e. The van der Waals surface area contributed by atoms with Crippen LogP contribution in [-0.2, 0) is 4.79 Å². The number of hydrogen-bond donors (Lipinski definition) is 4. The molecule has 192 valence electrons. The van der Waals surface area contributed by atoms with Crippen molar-refractivity contribution in [1.29, 1.82) is 0 Å². The first-order chi connectivity index (χ1) is 18.2. The lowest BCUT2D eigenvalue weighted by molar-refractivity contribution is -0.110. The van der Waals surface area contributed by atoms with Gasteiger partial charge in [-0.25, -0.2) is 4.39 Å². The molecule has 2 aromatic heterocycles. The Balaban J connectivity index is 1.40. The first-order valence-electron chi connectivity index (χ1n) is 12.0. The molecule has 0 saturated carbocycles. The fraction of sp³-hybridized carbons (Fsp3) is 0.138. The van der Waals surface area contributed by atoms with E-state index in [1.54, 1.807) is 48.5 Å². The van der Waals surface area contributed by atoms with E-state index < -0.39 is 0 Å². The minimum absolute atomic E-state index is 0.188. The zero-order valence-corrected chi connectivity index (χ0v) is 20.9. The van der Waals surface area contributed by atoms with Crippen LogP contribution < -0.4 is 16.0 Å². The second kappa shape index (κ2) is 9.85. The van der Waals surface area contributed by atoms with Crippen molar-refractivity contribution in [3.63, 3.8) is 0 Å². The molecule has 1 aliphatic rings. The smallest absolute Gasteiger partial charge is 0.291 e. The molecule has 4 N–H and O–H groups in total. The number of halogens is 1. The van der Waals surface area contributed by atoms with E-state index in [1.165, 1.54) is 18.4 Å². The van der Waals surface area contributed by atoms with Gasteiger partial charge in [-0.1, -0.05) is 12.1 Å². The quantitative estimate of drug-likeness (QED) is 0.252. The zero-order chi connectivity index (χ0) is 27.0. The van der Waals surface area contributed by atoms with Gasteiger partial charge in [0.1, 0.15) is 5.82 Å². The Morgan fingerprint density at radius 3 is 2.53 bits per heavy atom. The number of carbonyl (C=O) groups is 3. The molecule has 4 aromatic rings. The normalized spacial score (nSPS) is 14.2. The van der Waals surface area contributed by atoms with Gasteiger partial charge in [-0.05, 0) is 80.4 Å². The summed E-state index contributed by atoms with van der Waals surface area (Å²) in [6, 6.07) is 13.8. The molecule has 3 heterocycles. The van der Waals surface area contributed by atoms with Crippen LogP contribution in [-0.4, -0.2) is 22.7 Å². The molecule has 0 fully saturated rings. The molecule has 0 radical (unpaired) electrons. The number of aromatic nitrogens is 1. The molecular formula is C29H25FN4O4. The predicted octanol–water partition coefficient (Wildman–Crippen LogP) is 5.60. The van der Waals surface area contributed by atoms with Gasteiger partial charge >= 0.3 is 0 Å². The molecule has 0 aliphatic carbocycles. The molecule has 1 atom stereocenters. The fourth-order valence-corrected chi connectivity index (χ4v) is 4.42. The van der Waals surface area contributed by atoms with E-state index >= 15 is 0 Å². The van der Waals surface area contributed by atoms with Gasteiger partial charge in [0, 0.05) is 28.2 Å². The Kier molecular flexibility index (Phi) is 6.42. The molecule has 3 amide bonds. The maximum absolute atomic E-state index is 13.2. The van der Waals surface area contributed by atoms with Crippen LogP contribution in [0.3, 0.4) is 0 Å². The van der Waals surface area contributed by atoms with Gasteiger partial charge in [0.05, 0.1) is 23.6 Å². The molecule has 8 nitrogen and oxygen atoms in total. The number of anilines is 2. The van der Waals surface area contributed by atoms with Crippen LogP contribution >= 0.6 is 0 Å². The Labute approximate surface area is 217 Å². The topological polar surface area (TPSA) is 116 Å². The Bertz CT molecular complexity index is 1580. The van der Waals surface area contributed by atoms with Crippen molar-refractivity contribution in [3.05, 3.63) is 106 Å². The molecule has 1 aliphatic heterocycles. The summed E-state index contributed by atoms with van der Waals surface area (Å²) >= 11 is 0. The molecular weight excluding hydrogens is 487 g/mol. The SMILES string of the molecule is Cc1[nH]c(/C=C2\C(=O)Nc3ccc(C(=O)N[C@H](C)c4ccc(F)cc4)cc32)c(C)c1NC(=O)c1ccco1. The molecule has 0 unspecified atom stereocenters. The van der Waals surface area contributed by atoms with E-state index in [0.29, 0.717) is 33.8 Å². The second-order valence-electron chi connectivity index (χ2n) is 9.11. The first-order valence-corrected chi connectivity index (χ1v) is 12.0. The number of H-pyrrole nitrogens is 1. The van der Waals surface area contributed by atoms with Crippen LogP contribution in [0.4, 0.5) is 15.8 Å². The highest BCUT2D eigenvalue weighted by molar-refractivity contribution is 6.35. The van der Waals surface area contributed by atoms with Crippen molar-refractivity contribution in [3.8, 4) is 0 Å². The van der Waals surface area contributed by atoms with Crippen LogP contribution in [0.5, 0.6) is 0 Å². The van der Waals surface area contributed by atoms with Gasteiger partial charge in [0.15, 0.2) is 5.76 Å². The number of benzene rings is 2. The average Bonchev–Trinajstić information content (AvgIpc) is 3.60. The predicted molar refractivity (Wildman–Crippen MR) is 142 cm³/mol. The minimum atomic E-state index is -0.381. The summed E-state index contributed by atoms with van der Waals surface area (Å²) in [7, 11) is 0. The highest BCUT2D eigenvalue weighted by Gasteiger charge is 2.27. The van der Waals surface area contributed by atoms with Gasteiger partial charge in [0.25, 0.3) is 17.7 Å². The van der Waals surface area contributed by atoms with Crippen molar-refractivity contribution >= 4 is 40.7 Å². The number of nitrogens with one attached hydrogen (secondary N) is 4. The third-order valence-electron chi connectivity index (χ3n) is 6.53. The lowest BCUT2D eigenvalue weighted by Gasteiger charge is -2.15. The fourth-order valence-electron chi connectivity index (χ4n) is 4.42. The molecule has 38 heavy (non-hydrogen) atoms. The van der Waals surface area contributed by atoms with Gasteiger partial charge in [-0.2, -0.15) is 0 Å². The van der Waals surface area contributed by atoms with Gasteiger partial charge in [-0.15, -0.1) is 0 Å². The number of amides is 3. The monoisotopic (exact) mass is 512 g/mol. The number of aryl methyl sites for hydroxylation is 1. The number of hydrogen-bond acceptors (Lipinski definition) is 4. The van der Waals surface area contributed by atoms with Gasteiger partial charge < -0.3 is 25.4 Å². The van der Waals surface area contributed by atoms with Crippen molar-refractivity contribution < 1.29 is 23.2 Å². The molecule has 0 saturated heterocycles. The molecule has 9 heteroatoms. The van der Waals surface area contributed by atoms with Crippen molar-refractivity contribution in [2.75, 3.05) is 10.6 Å². The lowest BCUT2D eigenvalue weighted by atomic mass is 10.0. The lowest BCUT2D eigenvalue weighted by Crippen LogP contribution is -2.26. The summed E-state index contributed by atoms with van der Waals surface area (Å²) in [6.07, 6.45) is 3.13. The minimum Gasteiger partial charge on any atom is -0.459 e. The molecule has 0 bridgehead atoms. The first kappa shape index (κ1) is 24.8. The maximum Gasteiger partial charge on any atom is 0.291 e. The van der Waals surface area contributed by atoms with Crippen LogP contribution in [0, 0.1) is 19.7 Å². The van der Waals surface area contributed by atoms with Gasteiger partial charge in [0.2, 0.25) is 0 Å². The summed E-state index contributed by atoms with van der Waals surface area (Å²) in [5, 5.41) is 8.58.